The molecule has 0 N–H and O–H groups in total. The zero-order valence-electron chi connectivity index (χ0n) is 19.2. The SMILES string of the molecule is CC#CCC1CN(c2cccc(Cl)c2)C(=O)CN1Cc1cncn1Cc1ccc(C#N)cc1.Cl.Cl. The molecule has 1 aromatic heterocycles. The van der Waals surface area contributed by atoms with Gasteiger partial charge in [-0.05, 0) is 42.8 Å². The van der Waals surface area contributed by atoms with Crippen LogP contribution in [0.25, 0.3) is 0 Å². The number of carbonyl (C=O) groups excluding carboxylic acids is 1. The first kappa shape index (κ1) is 28.2. The van der Waals surface area contributed by atoms with Crippen molar-refractivity contribution in [3.05, 3.63) is 82.9 Å². The maximum Gasteiger partial charge on any atom is 0.241 e. The number of amides is 1. The summed E-state index contributed by atoms with van der Waals surface area (Å²) in [7, 11) is 0. The number of carbonyl (C=O) groups is 1. The second kappa shape index (κ2) is 13.2. The number of aromatic nitrogens is 2. The summed E-state index contributed by atoms with van der Waals surface area (Å²) in [4.78, 5) is 21.4. The molecule has 1 fully saturated rings. The topological polar surface area (TPSA) is 65.2 Å². The lowest BCUT2D eigenvalue weighted by molar-refractivity contribution is -0.122. The Kier molecular flexibility index (Phi) is 10.6. The minimum absolute atomic E-state index is 0. The standard InChI is InChI=1S/C26H24ClN5O.2ClH/c1-2-3-6-24-17-32(23-7-4-5-22(27)12-23)26(33)18-30(24)16-25-14-29-19-31(25)15-21-10-8-20(13-28)9-11-21;;/h4-5,7-12,14,19,24H,6,15-18H2,1H3;2*1H. The molecule has 2 aromatic carbocycles. The average molecular weight is 531 g/mol. The Hall–Kier alpha value is -3.00. The second-order valence-corrected chi connectivity index (χ2v) is 8.43. The first-order valence-electron chi connectivity index (χ1n) is 10.7. The van der Waals surface area contributed by atoms with Gasteiger partial charge in [-0.25, -0.2) is 4.98 Å². The molecule has 0 spiro atoms. The van der Waals surface area contributed by atoms with E-state index in [4.69, 9.17) is 16.9 Å². The van der Waals surface area contributed by atoms with E-state index in [9.17, 15) is 4.79 Å². The molecular weight excluding hydrogens is 505 g/mol. The number of rotatable bonds is 6. The van der Waals surface area contributed by atoms with E-state index < -0.39 is 0 Å². The van der Waals surface area contributed by atoms with Gasteiger partial charge in [-0.15, -0.1) is 36.7 Å². The van der Waals surface area contributed by atoms with Gasteiger partial charge in [0.1, 0.15) is 0 Å². The quantitative estimate of drug-likeness (QED) is 0.424. The number of nitrogens with zero attached hydrogens (tertiary/aromatic N) is 5. The summed E-state index contributed by atoms with van der Waals surface area (Å²) in [5.41, 5.74) is 3.56. The summed E-state index contributed by atoms with van der Waals surface area (Å²) in [6.45, 7) is 3.93. The Balaban J connectivity index is 0.00000216. The summed E-state index contributed by atoms with van der Waals surface area (Å²) in [5, 5.41) is 9.62. The summed E-state index contributed by atoms with van der Waals surface area (Å²) in [6, 6.07) is 17.2. The van der Waals surface area contributed by atoms with Crippen LogP contribution in [0.15, 0.2) is 61.1 Å². The van der Waals surface area contributed by atoms with Crippen molar-refractivity contribution in [2.24, 2.45) is 0 Å². The normalized spacial score (nSPS) is 15.3. The lowest BCUT2D eigenvalue weighted by Crippen LogP contribution is -2.56. The number of halogens is 3. The third kappa shape index (κ3) is 7.01. The van der Waals surface area contributed by atoms with Crippen molar-refractivity contribution >= 4 is 48.0 Å². The van der Waals surface area contributed by atoms with Crippen molar-refractivity contribution in [2.75, 3.05) is 18.0 Å². The molecule has 2 heterocycles. The second-order valence-electron chi connectivity index (χ2n) is 8.00. The van der Waals surface area contributed by atoms with Gasteiger partial charge in [-0.3, -0.25) is 9.69 Å². The van der Waals surface area contributed by atoms with Crippen molar-refractivity contribution in [3.63, 3.8) is 0 Å². The van der Waals surface area contributed by atoms with E-state index in [1.165, 1.54) is 0 Å². The highest BCUT2D eigenvalue weighted by molar-refractivity contribution is 6.30. The number of nitriles is 1. The van der Waals surface area contributed by atoms with Crippen LogP contribution < -0.4 is 4.90 Å². The molecule has 9 heteroatoms. The molecule has 0 saturated carbocycles. The van der Waals surface area contributed by atoms with Crippen LogP contribution in [-0.4, -0.2) is 39.5 Å². The van der Waals surface area contributed by atoms with E-state index in [0.29, 0.717) is 43.2 Å². The Labute approximate surface area is 223 Å². The van der Waals surface area contributed by atoms with E-state index in [1.807, 2.05) is 55.6 Å². The summed E-state index contributed by atoms with van der Waals surface area (Å²) in [6.07, 6.45) is 4.32. The Morgan fingerprint density at radius 2 is 1.91 bits per heavy atom. The van der Waals surface area contributed by atoms with Gasteiger partial charge in [-0.2, -0.15) is 5.26 Å². The lowest BCUT2D eigenvalue weighted by atomic mass is 10.1. The van der Waals surface area contributed by atoms with Crippen LogP contribution in [0.3, 0.4) is 0 Å². The van der Waals surface area contributed by atoms with Crippen LogP contribution >= 0.6 is 36.4 Å². The van der Waals surface area contributed by atoms with Gasteiger partial charge in [0.05, 0.1) is 30.2 Å². The first-order chi connectivity index (χ1) is 16.1. The van der Waals surface area contributed by atoms with Gasteiger partial charge < -0.3 is 9.47 Å². The molecule has 1 atom stereocenters. The van der Waals surface area contributed by atoms with E-state index in [2.05, 4.69) is 32.4 Å². The summed E-state index contributed by atoms with van der Waals surface area (Å²) < 4.78 is 2.08. The van der Waals surface area contributed by atoms with Gasteiger partial charge in [0, 0.05) is 49.0 Å². The average Bonchev–Trinajstić information content (AvgIpc) is 3.25. The maximum atomic E-state index is 13.1. The summed E-state index contributed by atoms with van der Waals surface area (Å²) >= 11 is 6.16. The zero-order valence-corrected chi connectivity index (χ0v) is 21.6. The highest BCUT2D eigenvalue weighted by Gasteiger charge is 2.33. The van der Waals surface area contributed by atoms with Crippen molar-refractivity contribution < 1.29 is 4.79 Å². The van der Waals surface area contributed by atoms with Crippen molar-refractivity contribution in [3.8, 4) is 17.9 Å². The molecule has 4 rings (SSSR count). The van der Waals surface area contributed by atoms with Gasteiger partial charge in [0.25, 0.3) is 0 Å². The third-order valence-corrected chi connectivity index (χ3v) is 6.02. The van der Waals surface area contributed by atoms with Crippen LogP contribution in [0, 0.1) is 23.2 Å². The predicted octanol–water partition coefficient (Wildman–Crippen LogP) is 4.93. The van der Waals surface area contributed by atoms with Crippen LogP contribution in [0.4, 0.5) is 5.69 Å². The van der Waals surface area contributed by atoms with Crippen LogP contribution in [-0.2, 0) is 17.9 Å². The van der Waals surface area contributed by atoms with Crippen molar-refractivity contribution in [2.45, 2.75) is 32.5 Å². The van der Waals surface area contributed by atoms with Gasteiger partial charge in [0.15, 0.2) is 0 Å². The minimum atomic E-state index is 0. The fraction of sp³-hybridized carbons (Fsp3) is 0.269. The molecular formula is C26H26Cl3N5O. The largest absolute Gasteiger partial charge is 0.329 e. The number of benzene rings is 2. The molecule has 1 aliphatic heterocycles. The Morgan fingerprint density at radius 3 is 2.60 bits per heavy atom. The van der Waals surface area contributed by atoms with Gasteiger partial charge in [-0.1, -0.05) is 29.8 Å². The molecule has 6 nitrogen and oxygen atoms in total. The minimum Gasteiger partial charge on any atom is -0.329 e. The van der Waals surface area contributed by atoms with Crippen LogP contribution in [0.2, 0.25) is 5.02 Å². The van der Waals surface area contributed by atoms with Gasteiger partial charge >= 0.3 is 0 Å². The number of hydrogen-bond donors (Lipinski definition) is 0. The zero-order chi connectivity index (χ0) is 23.2. The van der Waals surface area contributed by atoms with E-state index in [1.54, 1.807) is 17.3 Å². The smallest absolute Gasteiger partial charge is 0.241 e. The van der Waals surface area contributed by atoms with Gasteiger partial charge in [0.2, 0.25) is 5.91 Å². The predicted molar refractivity (Wildman–Crippen MR) is 143 cm³/mol. The van der Waals surface area contributed by atoms with Crippen molar-refractivity contribution in [1.29, 1.82) is 5.26 Å². The Bertz CT molecular complexity index is 1240. The monoisotopic (exact) mass is 529 g/mol. The first-order valence-corrected chi connectivity index (χ1v) is 11.1. The molecule has 1 aliphatic rings. The van der Waals surface area contributed by atoms with E-state index in [0.717, 1.165) is 16.9 Å². The molecule has 1 amide bonds. The molecule has 3 aromatic rings. The van der Waals surface area contributed by atoms with Crippen molar-refractivity contribution in [1.82, 2.24) is 14.5 Å². The Morgan fingerprint density at radius 1 is 1.14 bits per heavy atom. The maximum absolute atomic E-state index is 13.1. The number of piperazine rings is 1. The van der Waals surface area contributed by atoms with Crippen LogP contribution in [0.5, 0.6) is 0 Å². The summed E-state index contributed by atoms with van der Waals surface area (Å²) in [5.74, 6) is 6.21. The fourth-order valence-corrected chi connectivity index (χ4v) is 4.20. The molecule has 1 saturated heterocycles. The third-order valence-electron chi connectivity index (χ3n) is 5.78. The van der Waals surface area contributed by atoms with E-state index in [-0.39, 0.29) is 36.8 Å². The lowest BCUT2D eigenvalue weighted by Gasteiger charge is -2.40. The molecule has 0 radical (unpaired) electrons. The molecule has 35 heavy (non-hydrogen) atoms. The molecule has 0 aliphatic carbocycles. The number of imidazole rings is 1. The molecule has 182 valence electrons. The fourth-order valence-electron chi connectivity index (χ4n) is 4.02. The highest BCUT2D eigenvalue weighted by Crippen LogP contribution is 2.25. The van der Waals surface area contributed by atoms with E-state index >= 15 is 0 Å². The number of anilines is 1. The molecule has 1 unspecified atom stereocenters. The number of hydrogen-bond acceptors (Lipinski definition) is 4. The molecule has 0 bridgehead atoms. The van der Waals surface area contributed by atoms with Crippen LogP contribution in [0.1, 0.15) is 30.2 Å². The highest BCUT2D eigenvalue weighted by atomic mass is 35.5.